The van der Waals surface area contributed by atoms with Crippen molar-refractivity contribution in [3.63, 3.8) is 0 Å². The largest absolute Gasteiger partial charge is 0.284 e. The number of aliphatic imine (C=N–C) groups is 1. The highest BCUT2D eigenvalue weighted by Crippen LogP contribution is 2.22. The maximum atomic E-state index is 4.68. The number of rotatable bonds is 2. The molecule has 0 atom stereocenters. The molecule has 3 rings (SSSR count). The molecule has 0 saturated heterocycles. The van der Waals surface area contributed by atoms with Gasteiger partial charge in [0.05, 0.1) is 5.71 Å². The molecular weight excluding hydrogens is 242 g/mol. The van der Waals surface area contributed by atoms with Gasteiger partial charge >= 0.3 is 0 Å². The third-order valence-corrected chi connectivity index (χ3v) is 3.70. The van der Waals surface area contributed by atoms with E-state index in [1.807, 2.05) is 0 Å². The van der Waals surface area contributed by atoms with Gasteiger partial charge in [-0.2, -0.15) is 0 Å². The summed E-state index contributed by atoms with van der Waals surface area (Å²) in [6.45, 7) is 5.13. The number of nitrogens with zero attached hydrogens (tertiary/aromatic N) is 1. The summed E-state index contributed by atoms with van der Waals surface area (Å²) in [5.74, 6) is 0. The molecule has 20 heavy (non-hydrogen) atoms. The van der Waals surface area contributed by atoms with Crippen LogP contribution in [0.2, 0.25) is 0 Å². The van der Waals surface area contributed by atoms with Gasteiger partial charge in [-0.25, -0.2) is 0 Å². The lowest BCUT2D eigenvalue weighted by molar-refractivity contribution is 1.05. The zero-order valence-corrected chi connectivity index (χ0v) is 12.1. The first-order chi connectivity index (χ1) is 9.72. The summed E-state index contributed by atoms with van der Waals surface area (Å²) in [4.78, 5) is 4.68. The Morgan fingerprint density at radius 3 is 2.10 bits per heavy atom. The summed E-state index contributed by atoms with van der Waals surface area (Å²) < 4.78 is 0. The standard InChI is InChI=1S/C19H19N/c1-14-3-7-16(8-4-14)13-18-11-12-20-19(18)17-9-5-15(2)6-10-17/h3-10,13H,11-12H2,1-2H3/b18-13-. The van der Waals surface area contributed by atoms with E-state index in [0.717, 1.165) is 18.7 Å². The molecule has 0 unspecified atom stereocenters. The normalized spacial score (nSPS) is 16.5. The van der Waals surface area contributed by atoms with E-state index in [0.29, 0.717) is 0 Å². The highest BCUT2D eigenvalue weighted by atomic mass is 14.8. The Balaban J connectivity index is 1.92. The third kappa shape index (κ3) is 2.72. The lowest BCUT2D eigenvalue weighted by Gasteiger charge is -2.05. The van der Waals surface area contributed by atoms with Crippen molar-refractivity contribution in [1.82, 2.24) is 0 Å². The van der Waals surface area contributed by atoms with E-state index >= 15 is 0 Å². The van der Waals surface area contributed by atoms with E-state index < -0.39 is 0 Å². The Labute approximate surface area is 120 Å². The lowest BCUT2D eigenvalue weighted by Crippen LogP contribution is -2.00. The van der Waals surface area contributed by atoms with Crippen LogP contribution >= 0.6 is 0 Å². The molecule has 1 nitrogen and oxygen atoms in total. The first-order valence-electron chi connectivity index (χ1n) is 7.11. The van der Waals surface area contributed by atoms with Crippen molar-refractivity contribution in [2.75, 3.05) is 6.54 Å². The quantitative estimate of drug-likeness (QED) is 0.750. The predicted molar refractivity (Wildman–Crippen MR) is 86.4 cm³/mol. The monoisotopic (exact) mass is 261 g/mol. The second-order valence-corrected chi connectivity index (χ2v) is 5.43. The molecular formula is C19H19N. The number of aryl methyl sites for hydroxylation is 2. The minimum Gasteiger partial charge on any atom is -0.284 e. The fraction of sp³-hybridized carbons (Fsp3) is 0.211. The SMILES string of the molecule is Cc1ccc(/C=C2/CCN=C2c2ccc(C)cc2)cc1. The highest BCUT2D eigenvalue weighted by Gasteiger charge is 2.15. The van der Waals surface area contributed by atoms with Crippen molar-refractivity contribution in [2.24, 2.45) is 4.99 Å². The maximum absolute atomic E-state index is 4.68. The Morgan fingerprint density at radius 2 is 1.45 bits per heavy atom. The topological polar surface area (TPSA) is 12.4 Å². The van der Waals surface area contributed by atoms with Crippen LogP contribution in [0.1, 0.15) is 28.7 Å². The minimum absolute atomic E-state index is 0.904. The van der Waals surface area contributed by atoms with Gasteiger partial charge in [0.1, 0.15) is 0 Å². The van der Waals surface area contributed by atoms with Crippen molar-refractivity contribution in [3.8, 4) is 0 Å². The molecule has 0 N–H and O–H groups in total. The molecule has 2 aromatic rings. The van der Waals surface area contributed by atoms with Gasteiger partial charge in [0.15, 0.2) is 0 Å². The molecule has 100 valence electrons. The van der Waals surface area contributed by atoms with Crippen molar-refractivity contribution < 1.29 is 0 Å². The summed E-state index contributed by atoms with van der Waals surface area (Å²) in [7, 11) is 0. The van der Waals surface area contributed by atoms with E-state index in [1.54, 1.807) is 0 Å². The van der Waals surface area contributed by atoms with Crippen molar-refractivity contribution in [3.05, 3.63) is 76.4 Å². The first-order valence-corrected chi connectivity index (χ1v) is 7.11. The van der Waals surface area contributed by atoms with Crippen LogP contribution in [0.3, 0.4) is 0 Å². The van der Waals surface area contributed by atoms with Crippen LogP contribution in [0.5, 0.6) is 0 Å². The van der Waals surface area contributed by atoms with E-state index in [9.17, 15) is 0 Å². The first kappa shape index (κ1) is 12.9. The smallest absolute Gasteiger partial charge is 0.0679 e. The summed E-state index contributed by atoms with van der Waals surface area (Å²) in [6, 6.07) is 17.3. The Morgan fingerprint density at radius 1 is 0.850 bits per heavy atom. The highest BCUT2D eigenvalue weighted by molar-refractivity contribution is 6.16. The van der Waals surface area contributed by atoms with Gasteiger partial charge < -0.3 is 0 Å². The third-order valence-electron chi connectivity index (χ3n) is 3.70. The van der Waals surface area contributed by atoms with E-state index in [1.165, 1.54) is 27.8 Å². The molecule has 1 aliphatic heterocycles. The zero-order chi connectivity index (χ0) is 13.9. The van der Waals surface area contributed by atoms with Gasteiger partial charge in [-0.1, -0.05) is 59.7 Å². The molecule has 1 heteroatoms. The molecule has 0 spiro atoms. The van der Waals surface area contributed by atoms with Crippen LogP contribution in [-0.4, -0.2) is 12.3 Å². The van der Waals surface area contributed by atoms with Crippen molar-refractivity contribution in [1.29, 1.82) is 0 Å². The molecule has 0 fully saturated rings. The van der Waals surface area contributed by atoms with Crippen LogP contribution in [0.15, 0.2) is 59.1 Å². The Bertz CT molecular complexity index is 658. The van der Waals surface area contributed by atoms with Crippen molar-refractivity contribution >= 4 is 11.8 Å². The van der Waals surface area contributed by atoms with Gasteiger partial charge in [0.25, 0.3) is 0 Å². The second kappa shape index (κ2) is 5.46. The fourth-order valence-electron chi connectivity index (χ4n) is 2.50. The zero-order valence-electron chi connectivity index (χ0n) is 12.1. The Hall–Kier alpha value is -2.15. The maximum Gasteiger partial charge on any atom is 0.0679 e. The van der Waals surface area contributed by atoms with Crippen LogP contribution in [-0.2, 0) is 0 Å². The Kier molecular flexibility index (Phi) is 3.51. The fourth-order valence-corrected chi connectivity index (χ4v) is 2.50. The lowest BCUT2D eigenvalue weighted by atomic mass is 9.99. The molecule has 1 aliphatic rings. The van der Waals surface area contributed by atoms with Gasteiger partial charge in [0.2, 0.25) is 0 Å². The van der Waals surface area contributed by atoms with Crippen molar-refractivity contribution in [2.45, 2.75) is 20.3 Å². The summed E-state index contributed by atoms with van der Waals surface area (Å²) in [6.07, 6.45) is 3.31. The molecule has 0 bridgehead atoms. The minimum atomic E-state index is 0.904. The summed E-state index contributed by atoms with van der Waals surface area (Å²) in [5, 5.41) is 0. The van der Waals surface area contributed by atoms with Gasteiger partial charge in [-0.3, -0.25) is 4.99 Å². The van der Waals surface area contributed by atoms with E-state index in [-0.39, 0.29) is 0 Å². The average molecular weight is 261 g/mol. The second-order valence-electron chi connectivity index (χ2n) is 5.43. The molecule has 0 amide bonds. The molecule has 1 heterocycles. The van der Waals surface area contributed by atoms with Crippen LogP contribution in [0, 0.1) is 13.8 Å². The molecule has 0 aromatic heterocycles. The average Bonchev–Trinajstić information content (AvgIpc) is 2.90. The van der Waals surface area contributed by atoms with Crippen LogP contribution < -0.4 is 0 Å². The van der Waals surface area contributed by atoms with Gasteiger partial charge in [0, 0.05) is 6.54 Å². The van der Waals surface area contributed by atoms with Crippen LogP contribution in [0.25, 0.3) is 6.08 Å². The number of benzene rings is 2. The summed E-state index contributed by atoms with van der Waals surface area (Å²) in [5.41, 5.74) is 7.57. The number of hydrogen-bond donors (Lipinski definition) is 0. The summed E-state index contributed by atoms with van der Waals surface area (Å²) >= 11 is 0. The molecule has 0 aliphatic carbocycles. The van der Waals surface area contributed by atoms with Crippen LogP contribution in [0.4, 0.5) is 0 Å². The predicted octanol–water partition coefficient (Wildman–Crippen LogP) is 4.58. The molecule has 0 saturated carbocycles. The van der Waals surface area contributed by atoms with Gasteiger partial charge in [-0.15, -0.1) is 0 Å². The van der Waals surface area contributed by atoms with Gasteiger partial charge in [-0.05, 0) is 43.0 Å². The van der Waals surface area contributed by atoms with E-state index in [4.69, 9.17) is 0 Å². The van der Waals surface area contributed by atoms with E-state index in [2.05, 4.69) is 73.4 Å². The molecule has 2 aromatic carbocycles. The molecule has 0 radical (unpaired) electrons. The number of hydrogen-bond acceptors (Lipinski definition) is 1.